The van der Waals surface area contributed by atoms with E-state index in [2.05, 4.69) is 24.5 Å². The highest BCUT2D eigenvalue weighted by molar-refractivity contribution is 6.09. The van der Waals surface area contributed by atoms with Crippen molar-refractivity contribution in [2.75, 3.05) is 11.9 Å². The van der Waals surface area contributed by atoms with E-state index in [1.165, 1.54) is 0 Å². The number of amides is 2. The van der Waals surface area contributed by atoms with Crippen molar-refractivity contribution in [3.63, 3.8) is 0 Å². The number of rotatable bonds is 9. The Bertz CT molecular complexity index is 802. The van der Waals surface area contributed by atoms with Crippen LogP contribution in [0, 0.1) is 5.92 Å². The van der Waals surface area contributed by atoms with Gasteiger partial charge in [-0.25, -0.2) is 0 Å². The highest BCUT2D eigenvalue weighted by atomic mass is 16.5. The molecule has 0 heterocycles. The van der Waals surface area contributed by atoms with Crippen molar-refractivity contribution in [1.82, 2.24) is 5.32 Å². The van der Waals surface area contributed by atoms with E-state index in [4.69, 9.17) is 4.74 Å². The molecule has 1 atom stereocenters. The van der Waals surface area contributed by atoms with E-state index in [1.54, 1.807) is 42.5 Å². The molecule has 0 saturated heterocycles. The van der Waals surface area contributed by atoms with E-state index < -0.39 is 0 Å². The molecule has 0 aliphatic carbocycles. The number of carbonyl (C=O) groups excluding carboxylic acids is 2. The molecule has 0 aliphatic rings. The highest BCUT2D eigenvalue weighted by Gasteiger charge is 2.15. The van der Waals surface area contributed by atoms with Gasteiger partial charge in [0, 0.05) is 11.6 Å². The minimum atomic E-state index is -0.280. The number of hydrogen-bond donors (Lipinski definition) is 2. The Kier molecular flexibility index (Phi) is 8.05. The normalized spacial score (nSPS) is 11.8. The van der Waals surface area contributed by atoms with Gasteiger partial charge in [-0.1, -0.05) is 39.0 Å². The molecule has 5 heteroatoms. The second kappa shape index (κ2) is 10.5. The lowest BCUT2D eigenvalue weighted by molar-refractivity contribution is 0.0940. The summed E-state index contributed by atoms with van der Waals surface area (Å²) in [7, 11) is 0. The number of hydrogen-bond acceptors (Lipinski definition) is 3. The molecular formula is C23H30N2O3. The molecular weight excluding hydrogens is 352 g/mol. The Morgan fingerprint density at radius 2 is 1.75 bits per heavy atom. The number of para-hydroxylation sites is 1. The zero-order valence-corrected chi connectivity index (χ0v) is 17.1. The van der Waals surface area contributed by atoms with Gasteiger partial charge >= 0.3 is 0 Å². The van der Waals surface area contributed by atoms with E-state index in [1.807, 2.05) is 19.9 Å². The lowest BCUT2D eigenvalue weighted by Crippen LogP contribution is -2.32. The second-order valence-corrected chi connectivity index (χ2v) is 7.34. The van der Waals surface area contributed by atoms with Crippen molar-refractivity contribution >= 4 is 17.5 Å². The van der Waals surface area contributed by atoms with E-state index in [9.17, 15) is 9.59 Å². The van der Waals surface area contributed by atoms with Crippen LogP contribution >= 0.6 is 0 Å². The topological polar surface area (TPSA) is 67.4 Å². The number of anilines is 1. The average molecular weight is 383 g/mol. The molecule has 0 aliphatic heterocycles. The van der Waals surface area contributed by atoms with Crippen molar-refractivity contribution in [3.8, 4) is 5.75 Å². The van der Waals surface area contributed by atoms with Crippen LogP contribution < -0.4 is 15.4 Å². The molecule has 2 N–H and O–H groups in total. The van der Waals surface area contributed by atoms with Crippen LogP contribution in [-0.2, 0) is 0 Å². The fourth-order valence-corrected chi connectivity index (χ4v) is 2.53. The molecule has 0 spiro atoms. The van der Waals surface area contributed by atoms with Crippen molar-refractivity contribution in [2.45, 2.75) is 46.6 Å². The van der Waals surface area contributed by atoms with Gasteiger partial charge in [-0.3, -0.25) is 9.59 Å². The smallest absolute Gasteiger partial charge is 0.255 e. The summed E-state index contributed by atoms with van der Waals surface area (Å²) in [6.07, 6.45) is 1.79. The third-order valence-electron chi connectivity index (χ3n) is 4.47. The fraction of sp³-hybridized carbons (Fsp3) is 0.391. The van der Waals surface area contributed by atoms with Gasteiger partial charge in [0.1, 0.15) is 5.75 Å². The monoisotopic (exact) mass is 382 g/mol. The number of nitrogens with one attached hydrogen (secondary N) is 2. The maximum absolute atomic E-state index is 12.7. The minimum absolute atomic E-state index is 0.0657. The zero-order chi connectivity index (χ0) is 20.5. The molecule has 28 heavy (non-hydrogen) atoms. The van der Waals surface area contributed by atoms with E-state index in [0.717, 1.165) is 12.8 Å². The average Bonchev–Trinajstić information content (AvgIpc) is 2.68. The second-order valence-electron chi connectivity index (χ2n) is 7.34. The summed E-state index contributed by atoms with van der Waals surface area (Å²) in [5.74, 6) is 0.745. The first-order valence-corrected chi connectivity index (χ1v) is 9.84. The van der Waals surface area contributed by atoms with Gasteiger partial charge in [0.05, 0.1) is 17.9 Å². The maximum atomic E-state index is 12.7. The maximum Gasteiger partial charge on any atom is 0.255 e. The van der Waals surface area contributed by atoms with Crippen molar-refractivity contribution < 1.29 is 14.3 Å². The first kappa shape index (κ1) is 21.5. The molecule has 0 saturated carbocycles. The predicted molar refractivity (Wildman–Crippen MR) is 113 cm³/mol. The summed E-state index contributed by atoms with van der Waals surface area (Å²) in [5, 5.41) is 5.78. The van der Waals surface area contributed by atoms with Crippen LogP contribution in [-0.4, -0.2) is 24.5 Å². The largest absolute Gasteiger partial charge is 0.494 e. The standard InChI is InChI=1S/C23H30N2O3/c1-5-17(4)24-23(27)20-11-6-7-12-21(20)25-22(26)18-9-8-10-19(15-18)28-14-13-16(2)3/h6-12,15-17H,5,13-14H2,1-4H3,(H,24,27)(H,25,26). The van der Waals surface area contributed by atoms with Crippen molar-refractivity contribution in [2.24, 2.45) is 5.92 Å². The van der Waals surface area contributed by atoms with Gasteiger partial charge in [0.15, 0.2) is 0 Å². The first-order chi connectivity index (χ1) is 13.4. The van der Waals surface area contributed by atoms with Crippen LogP contribution in [0.15, 0.2) is 48.5 Å². The van der Waals surface area contributed by atoms with Gasteiger partial charge in [0.2, 0.25) is 0 Å². The van der Waals surface area contributed by atoms with Gasteiger partial charge < -0.3 is 15.4 Å². The summed E-state index contributed by atoms with van der Waals surface area (Å²) < 4.78 is 5.73. The molecule has 0 aromatic heterocycles. The lowest BCUT2D eigenvalue weighted by atomic mass is 10.1. The van der Waals surface area contributed by atoms with Gasteiger partial charge in [-0.2, -0.15) is 0 Å². The molecule has 1 unspecified atom stereocenters. The number of carbonyl (C=O) groups is 2. The van der Waals surface area contributed by atoms with Crippen LogP contribution in [0.1, 0.15) is 61.3 Å². The van der Waals surface area contributed by atoms with Crippen molar-refractivity contribution in [3.05, 3.63) is 59.7 Å². The Balaban J connectivity index is 2.10. The quantitative estimate of drug-likeness (QED) is 0.649. The summed E-state index contributed by atoms with van der Waals surface area (Å²) in [5.41, 5.74) is 1.42. The Morgan fingerprint density at radius 1 is 1.00 bits per heavy atom. The summed E-state index contributed by atoms with van der Waals surface area (Å²) in [6.45, 7) is 8.85. The van der Waals surface area contributed by atoms with Crippen LogP contribution in [0.5, 0.6) is 5.75 Å². The van der Waals surface area contributed by atoms with E-state index in [0.29, 0.717) is 35.1 Å². The zero-order valence-electron chi connectivity index (χ0n) is 17.1. The van der Waals surface area contributed by atoms with Crippen LogP contribution in [0.4, 0.5) is 5.69 Å². The third-order valence-corrected chi connectivity index (χ3v) is 4.47. The molecule has 0 bridgehead atoms. The molecule has 2 aromatic carbocycles. The van der Waals surface area contributed by atoms with Crippen LogP contribution in [0.2, 0.25) is 0 Å². The molecule has 2 amide bonds. The predicted octanol–water partition coefficient (Wildman–Crippen LogP) is 4.89. The molecule has 5 nitrogen and oxygen atoms in total. The molecule has 0 fully saturated rings. The summed E-state index contributed by atoms with van der Waals surface area (Å²) in [6, 6.07) is 14.2. The van der Waals surface area contributed by atoms with Gasteiger partial charge in [-0.05, 0) is 56.0 Å². The summed E-state index contributed by atoms with van der Waals surface area (Å²) >= 11 is 0. The SMILES string of the molecule is CCC(C)NC(=O)c1ccccc1NC(=O)c1cccc(OCCC(C)C)c1. The minimum Gasteiger partial charge on any atom is -0.494 e. The third kappa shape index (κ3) is 6.41. The molecule has 0 radical (unpaired) electrons. The van der Waals surface area contributed by atoms with Gasteiger partial charge in [0.25, 0.3) is 11.8 Å². The molecule has 2 rings (SSSR count). The highest BCUT2D eigenvalue weighted by Crippen LogP contribution is 2.19. The summed E-state index contributed by atoms with van der Waals surface area (Å²) in [4.78, 5) is 25.2. The fourth-order valence-electron chi connectivity index (χ4n) is 2.53. The lowest BCUT2D eigenvalue weighted by Gasteiger charge is -2.15. The number of benzene rings is 2. The van der Waals surface area contributed by atoms with E-state index in [-0.39, 0.29) is 17.9 Å². The van der Waals surface area contributed by atoms with Gasteiger partial charge in [-0.15, -0.1) is 0 Å². The molecule has 2 aromatic rings. The van der Waals surface area contributed by atoms with Crippen LogP contribution in [0.25, 0.3) is 0 Å². The Labute approximate surface area is 167 Å². The first-order valence-electron chi connectivity index (χ1n) is 9.84. The van der Waals surface area contributed by atoms with Crippen molar-refractivity contribution in [1.29, 1.82) is 0 Å². The van der Waals surface area contributed by atoms with Crippen LogP contribution in [0.3, 0.4) is 0 Å². The molecule has 150 valence electrons. The Hall–Kier alpha value is -2.82. The van der Waals surface area contributed by atoms with E-state index >= 15 is 0 Å². The Morgan fingerprint density at radius 3 is 2.46 bits per heavy atom. The number of ether oxygens (including phenoxy) is 1.